The van der Waals surface area contributed by atoms with Crippen LogP contribution in [-0.2, 0) is 9.59 Å². The summed E-state index contributed by atoms with van der Waals surface area (Å²) in [5.74, 6) is 0.0867. The monoisotopic (exact) mass is 475 g/mol. The number of aromatic nitrogens is 1. The molecule has 0 atom stereocenters. The standard InChI is InChI=1S/C20H21N5O3S3/c1-23-7-9-24(10-8-23)25-18(27)16(31-20(25)29)12-14-4-2-3-5-15(14)28-13-17(26)22-19-21-6-11-30-19/h2-6,11-12H,7-10,13H2,1H3,(H,21,22,26). The maximum Gasteiger partial charge on any atom is 0.280 e. The van der Waals surface area contributed by atoms with Crippen LogP contribution in [0.25, 0.3) is 6.08 Å². The molecule has 11 heteroatoms. The highest BCUT2D eigenvalue weighted by molar-refractivity contribution is 8.26. The number of para-hydroxylation sites is 1. The van der Waals surface area contributed by atoms with Gasteiger partial charge in [0.15, 0.2) is 16.1 Å². The van der Waals surface area contributed by atoms with Crippen molar-refractivity contribution < 1.29 is 14.3 Å². The van der Waals surface area contributed by atoms with Gasteiger partial charge in [-0.05, 0) is 19.2 Å². The van der Waals surface area contributed by atoms with E-state index in [4.69, 9.17) is 17.0 Å². The first kappa shape index (κ1) is 21.9. The fourth-order valence-corrected chi connectivity index (χ4v) is 5.00. The van der Waals surface area contributed by atoms with Crippen LogP contribution in [0, 0.1) is 0 Å². The molecule has 0 aliphatic carbocycles. The second-order valence-corrected chi connectivity index (χ2v) is 9.53. The minimum atomic E-state index is -0.300. The number of thioether (sulfide) groups is 1. The molecule has 4 rings (SSSR count). The quantitative estimate of drug-likeness (QED) is 0.505. The summed E-state index contributed by atoms with van der Waals surface area (Å²) in [6, 6.07) is 7.29. The zero-order valence-corrected chi connectivity index (χ0v) is 19.3. The van der Waals surface area contributed by atoms with Crippen molar-refractivity contribution >= 4 is 62.7 Å². The predicted octanol–water partition coefficient (Wildman–Crippen LogP) is 2.52. The number of nitrogens with zero attached hydrogens (tertiary/aromatic N) is 4. The topological polar surface area (TPSA) is 78.0 Å². The number of nitrogens with one attached hydrogen (secondary N) is 1. The molecule has 8 nitrogen and oxygen atoms in total. The number of likely N-dealkylation sites (N-methyl/N-ethyl adjacent to an activating group) is 1. The van der Waals surface area contributed by atoms with E-state index in [0.29, 0.717) is 25.7 Å². The second kappa shape index (κ2) is 9.88. The molecule has 0 bridgehead atoms. The number of rotatable bonds is 6. The summed E-state index contributed by atoms with van der Waals surface area (Å²) in [6.45, 7) is 3.12. The number of amides is 2. The second-order valence-electron chi connectivity index (χ2n) is 6.96. The van der Waals surface area contributed by atoms with Crippen molar-refractivity contribution in [1.29, 1.82) is 0 Å². The van der Waals surface area contributed by atoms with E-state index < -0.39 is 0 Å². The number of hydrazine groups is 1. The van der Waals surface area contributed by atoms with E-state index in [0.717, 1.165) is 26.2 Å². The van der Waals surface area contributed by atoms with Crippen molar-refractivity contribution in [3.8, 4) is 5.75 Å². The third-order valence-corrected chi connectivity index (χ3v) is 6.75. The zero-order valence-electron chi connectivity index (χ0n) is 16.8. The Labute approximate surface area is 193 Å². The highest BCUT2D eigenvalue weighted by Crippen LogP contribution is 2.35. The first-order chi connectivity index (χ1) is 15.0. The number of thiocarbonyl (C=S) groups is 1. The van der Waals surface area contributed by atoms with Crippen molar-refractivity contribution in [1.82, 2.24) is 19.9 Å². The van der Waals surface area contributed by atoms with Crippen LogP contribution in [-0.4, -0.2) is 75.9 Å². The Morgan fingerprint density at radius 3 is 2.81 bits per heavy atom. The number of carbonyl (C=O) groups is 2. The third kappa shape index (κ3) is 5.31. The molecule has 1 aromatic heterocycles. The van der Waals surface area contributed by atoms with Gasteiger partial charge in [0.2, 0.25) is 0 Å². The SMILES string of the molecule is CN1CCN(N2C(=O)C(=Cc3ccccc3OCC(=O)Nc3nccs3)SC2=S)CC1. The molecule has 3 heterocycles. The number of hydrogen-bond donors (Lipinski definition) is 1. The van der Waals surface area contributed by atoms with E-state index in [9.17, 15) is 9.59 Å². The lowest BCUT2D eigenvalue weighted by Crippen LogP contribution is -2.54. The molecule has 31 heavy (non-hydrogen) atoms. The molecule has 2 aromatic rings. The molecule has 2 aliphatic rings. The summed E-state index contributed by atoms with van der Waals surface area (Å²) in [4.78, 5) is 31.9. The third-order valence-electron chi connectivity index (χ3n) is 4.78. The molecule has 0 radical (unpaired) electrons. The molecule has 162 valence electrons. The summed E-state index contributed by atoms with van der Waals surface area (Å²) < 4.78 is 6.24. The van der Waals surface area contributed by atoms with E-state index in [1.165, 1.54) is 23.1 Å². The normalized spacial score (nSPS) is 19.3. The molecule has 0 saturated carbocycles. The molecule has 2 amide bonds. The number of ether oxygens (including phenoxy) is 1. The maximum absolute atomic E-state index is 13.0. The average Bonchev–Trinajstić information content (AvgIpc) is 3.36. The first-order valence-corrected chi connectivity index (χ1v) is 11.7. The van der Waals surface area contributed by atoms with E-state index in [2.05, 4.69) is 22.2 Å². The Bertz CT molecular complexity index is 1000. The van der Waals surface area contributed by atoms with Gasteiger partial charge < -0.3 is 9.64 Å². The lowest BCUT2D eigenvalue weighted by Gasteiger charge is -2.37. The number of benzene rings is 1. The van der Waals surface area contributed by atoms with Gasteiger partial charge in [0.25, 0.3) is 11.8 Å². The molecular formula is C20H21N5O3S3. The number of piperazine rings is 1. The number of carbonyl (C=O) groups excluding carboxylic acids is 2. The fourth-order valence-electron chi connectivity index (χ4n) is 3.16. The Morgan fingerprint density at radius 2 is 2.06 bits per heavy atom. The summed E-state index contributed by atoms with van der Waals surface area (Å²) >= 11 is 8.09. The van der Waals surface area contributed by atoms with Crippen LogP contribution in [0.2, 0.25) is 0 Å². The van der Waals surface area contributed by atoms with Crippen molar-refractivity contribution in [3.63, 3.8) is 0 Å². The summed E-state index contributed by atoms with van der Waals surface area (Å²) in [5, 5.41) is 8.59. The van der Waals surface area contributed by atoms with Gasteiger partial charge in [0, 0.05) is 43.3 Å². The molecule has 2 aliphatic heterocycles. The van der Waals surface area contributed by atoms with Gasteiger partial charge in [-0.25, -0.2) is 15.0 Å². The van der Waals surface area contributed by atoms with Crippen molar-refractivity contribution in [3.05, 3.63) is 46.3 Å². The van der Waals surface area contributed by atoms with Gasteiger partial charge in [-0.1, -0.05) is 42.2 Å². The van der Waals surface area contributed by atoms with Gasteiger partial charge in [0.1, 0.15) is 5.75 Å². The van der Waals surface area contributed by atoms with Crippen LogP contribution in [0.5, 0.6) is 5.75 Å². The van der Waals surface area contributed by atoms with Crippen LogP contribution in [0.1, 0.15) is 5.56 Å². The number of anilines is 1. The Hall–Kier alpha value is -2.31. The Morgan fingerprint density at radius 1 is 1.29 bits per heavy atom. The predicted molar refractivity (Wildman–Crippen MR) is 127 cm³/mol. The number of thiazole rings is 1. The lowest BCUT2D eigenvalue weighted by atomic mass is 10.2. The highest BCUT2D eigenvalue weighted by atomic mass is 32.2. The van der Waals surface area contributed by atoms with Crippen LogP contribution in [0.15, 0.2) is 40.7 Å². The fraction of sp³-hybridized carbons (Fsp3) is 0.300. The van der Waals surface area contributed by atoms with E-state index >= 15 is 0 Å². The van der Waals surface area contributed by atoms with Crippen molar-refractivity contribution in [2.45, 2.75) is 0 Å². The molecule has 2 saturated heterocycles. The average molecular weight is 476 g/mol. The first-order valence-electron chi connectivity index (χ1n) is 9.64. The smallest absolute Gasteiger partial charge is 0.280 e. The summed E-state index contributed by atoms with van der Waals surface area (Å²) in [6.07, 6.45) is 3.39. The van der Waals surface area contributed by atoms with Crippen LogP contribution in [0.4, 0.5) is 5.13 Å². The molecule has 0 spiro atoms. The summed E-state index contributed by atoms with van der Waals surface area (Å²) in [5.41, 5.74) is 0.712. The van der Waals surface area contributed by atoms with Crippen molar-refractivity contribution in [2.75, 3.05) is 45.2 Å². The van der Waals surface area contributed by atoms with Gasteiger partial charge in [0.05, 0.1) is 4.91 Å². The lowest BCUT2D eigenvalue weighted by molar-refractivity contribution is -0.135. The molecule has 0 unspecified atom stereocenters. The minimum Gasteiger partial charge on any atom is -0.483 e. The highest BCUT2D eigenvalue weighted by Gasteiger charge is 2.37. The van der Waals surface area contributed by atoms with Crippen LogP contribution >= 0.6 is 35.3 Å². The van der Waals surface area contributed by atoms with Gasteiger partial charge >= 0.3 is 0 Å². The van der Waals surface area contributed by atoms with Gasteiger partial charge in [-0.3, -0.25) is 14.9 Å². The van der Waals surface area contributed by atoms with Crippen molar-refractivity contribution in [2.24, 2.45) is 0 Å². The van der Waals surface area contributed by atoms with Crippen LogP contribution < -0.4 is 10.1 Å². The van der Waals surface area contributed by atoms with Gasteiger partial charge in [-0.2, -0.15) is 0 Å². The molecule has 1 N–H and O–H groups in total. The Balaban J connectivity index is 1.44. The Kier molecular flexibility index (Phi) is 6.98. The van der Waals surface area contributed by atoms with Crippen LogP contribution in [0.3, 0.4) is 0 Å². The zero-order chi connectivity index (χ0) is 21.8. The summed E-state index contributed by atoms with van der Waals surface area (Å²) in [7, 11) is 2.07. The molecular weight excluding hydrogens is 454 g/mol. The molecule has 1 aromatic carbocycles. The minimum absolute atomic E-state index is 0.129. The molecule has 2 fully saturated rings. The van der Waals surface area contributed by atoms with E-state index in [-0.39, 0.29) is 18.4 Å². The number of hydrogen-bond acceptors (Lipinski definition) is 9. The van der Waals surface area contributed by atoms with E-state index in [1.54, 1.807) is 28.7 Å². The maximum atomic E-state index is 13.0. The van der Waals surface area contributed by atoms with E-state index in [1.807, 2.05) is 23.2 Å². The largest absolute Gasteiger partial charge is 0.483 e. The van der Waals surface area contributed by atoms with Gasteiger partial charge in [-0.15, -0.1) is 11.3 Å².